The molecule has 0 unspecified atom stereocenters. The van der Waals surface area contributed by atoms with Gasteiger partial charge in [-0.2, -0.15) is 0 Å². The third-order valence-electron chi connectivity index (χ3n) is 1.89. The molecule has 0 amide bonds. The van der Waals surface area contributed by atoms with E-state index in [1.807, 2.05) is 35.9 Å². The van der Waals surface area contributed by atoms with E-state index >= 15 is 0 Å². The van der Waals surface area contributed by atoms with Gasteiger partial charge in [0.25, 0.3) is 0 Å². The Hall–Kier alpha value is -1.64. The molecule has 0 aromatic carbocycles. The number of hydrogen-bond acceptors (Lipinski definition) is 2. The van der Waals surface area contributed by atoms with E-state index in [0.29, 0.717) is 0 Å². The van der Waals surface area contributed by atoms with Crippen LogP contribution in [0.25, 0.3) is 0 Å². The summed E-state index contributed by atoms with van der Waals surface area (Å²) < 4.78 is 1.93. The highest BCUT2D eigenvalue weighted by Gasteiger charge is 1.95. The summed E-state index contributed by atoms with van der Waals surface area (Å²) in [5.74, 6) is 0.0920. The molecule has 0 aliphatic rings. The topological polar surface area (TPSA) is 34.9 Å². The molecule has 1 aromatic heterocycles. The Morgan fingerprint density at radius 2 is 2.36 bits per heavy atom. The van der Waals surface area contributed by atoms with E-state index in [1.54, 1.807) is 19.4 Å². The van der Waals surface area contributed by atoms with Crippen molar-refractivity contribution in [2.75, 3.05) is 0 Å². The molecule has 14 heavy (non-hydrogen) atoms. The molecule has 3 nitrogen and oxygen atoms in total. The number of imidazole rings is 1. The zero-order valence-electron chi connectivity index (χ0n) is 8.47. The minimum absolute atomic E-state index is 0.0920. The first-order chi connectivity index (χ1) is 6.74. The van der Waals surface area contributed by atoms with Crippen LogP contribution in [-0.2, 0) is 11.3 Å². The Bertz CT molecular complexity index is 347. The number of carbonyl (C=O) groups is 1. The molecule has 0 aliphatic carbocycles. The van der Waals surface area contributed by atoms with Crippen LogP contribution in [0.4, 0.5) is 0 Å². The Kier molecular flexibility index (Phi) is 3.85. The molecular weight excluding hydrogens is 176 g/mol. The molecule has 0 saturated carbocycles. The lowest BCUT2D eigenvalue weighted by Crippen LogP contribution is -1.94. The molecule has 0 saturated heterocycles. The van der Waals surface area contributed by atoms with Crippen LogP contribution in [0.2, 0.25) is 0 Å². The zero-order chi connectivity index (χ0) is 10.4. The first-order valence-corrected chi connectivity index (χ1v) is 4.53. The van der Waals surface area contributed by atoms with Crippen molar-refractivity contribution >= 4 is 5.78 Å². The minimum Gasteiger partial charge on any atom is -0.334 e. The van der Waals surface area contributed by atoms with Gasteiger partial charge in [0.1, 0.15) is 0 Å². The van der Waals surface area contributed by atoms with Gasteiger partial charge in [0.05, 0.1) is 6.33 Å². The van der Waals surface area contributed by atoms with Gasteiger partial charge in [-0.05, 0) is 13.8 Å². The molecule has 74 valence electrons. The number of hydrogen-bond donors (Lipinski definition) is 0. The molecule has 1 rings (SSSR count). The SMILES string of the molecule is C/C=C(\C=C/Cn1ccnc1)C(C)=O. The summed E-state index contributed by atoms with van der Waals surface area (Å²) >= 11 is 0. The lowest BCUT2D eigenvalue weighted by molar-refractivity contribution is -0.113. The lowest BCUT2D eigenvalue weighted by Gasteiger charge is -1.96. The third kappa shape index (κ3) is 3.01. The summed E-state index contributed by atoms with van der Waals surface area (Å²) in [7, 11) is 0. The minimum atomic E-state index is 0.0920. The number of ketones is 1. The highest BCUT2D eigenvalue weighted by atomic mass is 16.1. The summed E-state index contributed by atoms with van der Waals surface area (Å²) in [6, 6.07) is 0. The van der Waals surface area contributed by atoms with Crippen molar-refractivity contribution in [3.8, 4) is 0 Å². The molecule has 0 bridgehead atoms. The molecule has 0 fully saturated rings. The maximum atomic E-state index is 11.0. The van der Waals surface area contributed by atoms with Crippen molar-refractivity contribution < 1.29 is 4.79 Å². The monoisotopic (exact) mass is 190 g/mol. The summed E-state index contributed by atoms with van der Waals surface area (Å²) in [4.78, 5) is 15.0. The Balaban J connectivity index is 2.52. The quantitative estimate of drug-likeness (QED) is 0.537. The first-order valence-electron chi connectivity index (χ1n) is 4.53. The van der Waals surface area contributed by atoms with E-state index in [4.69, 9.17) is 0 Å². The third-order valence-corrected chi connectivity index (χ3v) is 1.89. The maximum absolute atomic E-state index is 11.0. The van der Waals surface area contributed by atoms with Crippen LogP contribution >= 0.6 is 0 Å². The molecule has 3 heteroatoms. The van der Waals surface area contributed by atoms with Gasteiger partial charge in [0, 0.05) is 24.5 Å². The van der Waals surface area contributed by atoms with E-state index in [0.717, 1.165) is 12.1 Å². The van der Waals surface area contributed by atoms with Crippen molar-refractivity contribution in [2.24, 2.45) is 0 Å². The van der Waals surface area contributed by atoms with Gasteiger partial charge in [-0.25, -0.2) is 4.98 Å². The van der Waals surface area contributed by atoms with Gasteiger partial charge in [-0.3, -0.25) is 4.79 Å². The highest BCUT2D eigenvalue weighted by Crippen LogP contribution is 1.98. The molecule has 1 heterocycles. The normalized spacial score (nSPS) is 12.3. The standard InChI is InChI=1S/C11H14N2O/c1-3-11(10(2)14)5-4-7-13-8-6-12-9-13/h3-6,8-9H,7H2,1-2H3/b5-4-,11-3+. The summed E-state index contributed by atoms with van der Waals surface area (Å²) in [5.41, 5.74) is 0.741. The maximum Gasteiger partial charge on any atom is 0.159 e. The first kappa shape index (κ1) is 10.4. The predicted molar refractivity (Wildman–Crippen MR) is 55.8 cm³/mol. The number of carbonyl (C=O) groups excluding carboxylic acids is 1. The number of allylic oxidation sites excluding steroid dienone is 4. The second-order valence-electron chi connectivity index (χ2n) is 2.96. The van der Waals surface area contributed by atoms with Crippen LogP contribution in [0.1, 0.15) is 13.8 Å². The average molecular weight is 190 g/mol. The average Bonchev–Trinajstić information content (AvgIpc) is 2.64. The predicted octanol–water partition coefficient (Wildman–Crippen LogP) is 1.97. The Morgan fingerprint density at radius 1 is 1.57 bits per heavy atom. The molecule has 0 atom stereocenters. The molecular formula is C11H14N2O. The molecule has 0 spiro atoms. The van der Waals surface area contributed by atoms with Crippen LogP contribution < -0.4 is 0 Å². The number of Topliss-reactive ketones (excluding diaryl/α,β-unsaturated/α-hetero) is 1. The lowest BCUT2D eigenvalue weighted by atomic mass is 10.1. The Labute approximate surface area is 83.8 Å². The van der Waals surface area contributed by atoms with Crippen molar-refractivity contribution in [3.63, 3.8) is 0 Å². The second kappa shape index (κ2) is 5.17. The van der Waals surface area contributed by atoms with Gasteiger partial charge in [0.15, 0.2) is 5.78 Å². The highest BCUT2D eigenvalue weighted by molar-refractivity contribution is 5.95. The van der Waals surface area contributed by atoms with Crippen LogP contribution in [0.5, 0.6) is 0 Å². The van der Waals surface area contributed by atoms with Crippen molar-refractivity contribution in [3.05, 3.63) is 42.5 Å². The fraction of sp³-hybridized carbons (Fsp3) is 0.273. The molecule has 0 radical (unpaired) electrons. The molecule has 0 aliphatic heterocycles. The second-order valence-corrected chi connectivity index (χ2v) is 2.96. The van der Waals surface area contributed by atoms with E-state index in [2.05, 4.69) is 4.98 Å². The van der Waals surface area contributed by atoms with Gasteiger partial charge in [-0.15, -0.1) is 0 Å². The van der Waals surface area contributed by atoms with Gasteiger partial charge < -0.3 is 4.57 Å². The number of aromatic nitrogens is 2. The fourth-order valence-electron chi connectivity index (χ4n) is 1.11. The van der Waals surface area contributed by atoms with Crippen molar-refractivity contribution in [1.29, 1.82) is 0 Å². The molecule has 0 N–H and O–H groups in total. The Morgan fingerprint density at radius 3 is 2.86 bits per heavy atom. The van der Waals surface area contributed by atoms with E-state index in [9.17, 15) is 4.79 Å². The summed E-state index contributed by atoms with van der Waals surface area (Å²) in [5, 5.41) is 0. The van der Waals surface area contributed by atoms with Crippen LogP contribution in [0, 0.1) is 0 Å². The fourth-order valence-corrected chi connectivity index (χ4v) is 1.11. The van der Waals surface area contributed by atoms with Crippen LogP contribution in [0.3, 0.4) is 0 Å². The smallest absolute Gasteiger partial charge is 0.159 e. The van der Waals surface area contributed by atoms with Crippen molar-refractivity contribution in [1.82, 2.24) is 9.55 Å². The van der Waals surface area contributed by atoms with Crippen molar-refractivity contribution in [2.45, 2.75) is 20.4 Å². The largest absolute Gasteiger partial charge is 0.334 e. The molecule has 1 aromatic rings. The number of rotatable bonds is 4. The van der Waals surface area contributed by atoms with E-state index < -0.39 is 0 Å². The number of nitrogens with zero attached hydrogens (tertiary/aromatic N) is 2. The summed E-state index contributed by atoms with van der Waals surface area (Å²) in [6.07, 6.45) is 10.9. The van der Waals surface area contributed by atoms with E-state index in [1.165, 1.54) is 0 Å². The van der Waals surface area contributed by atoms with Crippen LogP contribution in [0.15, 0.2) is 42.5 Å². The zero-order valence-corrected chi connectivity index (χ0v) is 8.47. The van der Waals surface area contributed by atoms with Gasteiger partial charge >= 0.3 is 0 Å². The van der Waals surface area contributed by atoms with E-state index in [-0.39, 0.29) is 5.78 Å². The van der Waals surface area contributed by atoms with Gasteiger partial charge in [0.2, 0.25) is 0 Å². The van der Waals surface area contributed by atoms with Gasteiger partial charge in [-0.1, -0.05) is 18.2 Å². The van der Waals surface area contributed by atoms with Crippen LogP contribution in [-0.4, -0.2) is 15.3 Å². The summed E-state index contributed by atoms with van der Waals surface area (Å²) in [6.45, 7) is 4.17.